The largest absolute Gasteiger partial charge is 0.465 e. The monoisotopic (exact) mass is 268 g/mol. The highest BCUT2D eigenvalue weighted by atomic mass is 32.1. The number of methoxy groups -OCH3 is 1. The number of anilines is 1. The summed E-state index contributed by atoms with van der Waals surface area (Å²) in [4.78, 5) is 18.4. The third kappa shape index (κ3) is 2.65. The Morgan fingerprint density at radius 1 is 1.47 bits per heavy atom. The number of thiophene rings is 1. The standard InChI is InChI=1S/C11H12N2O2S2/c1-13(11-12-4-6-17-11)7-8-3-5-16-9(8)10(14)15-2/h3-6H,7H2,1-2H3. The van der Waals surface area contributed by atoms with E-state index in [2.05, 4.69) is 4.98 Å². The number of hydrogen-bond acceptors (Lipinski definition) is 6. The van der Waals surface area contributed by atoms with Crippen LogP contribution in [0.15, 0.2) is 23.0 Å². The van der Waals surface area contributed by atoms with E-state index in [1.807, 2.05) is 28.8 Å². The maximum Gasteiger partial charge on any atom is 0.348 e. The molecule has 2 heterocycles. The lowest BCUT2D eigenvalue weighted by atomic mass is 10.2. The zero-order chi connectivity index (χ0) is 12.3. The first-order valence-corrected chi connectivity index (χ1v) is 6.73. The Bertz CT molecular complexity index is 493. The van der Waals surface area contributed by atoms with Gasteiger partial charge in [0.05, 0.1) is 7.11 Å². The zero-order valence-electron chi connectivity index (χ0n) is 9.54. The Kier molecular flexibility index (Phi) is 3.75. The number of aromatic nitrogens is 1. The molecule has 4 nitrogen and oxygen atoms in total. The highest BCUT2D eigenvalue weighted by molar-refractivity contribution is 7.13. The fourth-order valence-electron chi connectivity index (χ4n) is 1.46. The van der Waals surface area contributed by atoms with Crippen LogP contribution in [0.5, 0.6) is 0 Å². The van der Waals surface area contributed by atoms with Crippen LogP contribution in [0.4, 0.5) is 5.13 Å². The Morgan fingerprint density at radius 3 is 2.94 bits per heavy atom. The van der Waals surface area contributed by atoms with E-state index in [0.29, 0.717) is 11.4 Å². The molecule has 0 saturated heterocycles. The molecule has 90 valence electrons. The normalized spacial score (nSPS) is 10.2. The maximum atomic E-state index is 11.5. The molecule has 0 bridgehead atoms. The van der Waals surface area contributed by atoms with Crippen LogP contribution >= 0.6 is 22.7 Å². The van der Waals surface area contributed by atoms with Gasteiger partial charge in [-0.15, -0.1) is 22.7 Å². The maximum absolute atomic E-state index is 11.5. The molecule has 0 unspecified atom stereocenters. The van der Waals surface area contributed by atoms with Gasteiger partial charge in [-0.25, -0.2) is 9.78 Å². The van der Waals surface area contributed by atoms with Gasteiger partial charge in [0.25, 0.3) is 0 Å². The van der Waals surface area contributed by atoms with Gasteiger partial charge in [0.2, 0.25) is 0 Å². The van der Waals surface area contributed by atoms with Crippen molar-refractivity contribution in [2.24, 2.45) is 0 Å². The number of nitrogens with zero attached hydrogens (tertiary/aromatic N) is 2. The van der Waals surface area contributed by atoms with Crippen LogP contribution in [0.25, 0.3) is 0 Å². The van der Waals surface area contributed by atoms with Crippen molar-refractivity contribution in [3.8, 4) is 0 Å². The number of rotatable bonds is 4. The van der Waals surface area contributed by atoms with Crippen molar-refractivity contribution < 1.29 is 9.53 Å². The average molecular weight is 268 g/mol. The van der Waals surface area contributed by atoms with Crippen LogP contribution in [0.3, 0.4) is 0 Å². The summed E-state index contributed by atoms with van der Waals surface area (Å²) in [7, 11) is 3.36. The molecule has 0 atom stereocenters. The van der Waals surface area contributed by atoms with Crippen LogP contribution in [0.1, 0.15) is 15.2 Å². The lowest BCUT2D eigenvalue weighted by molar-refractivity contribution is 0.0605. The summed E-state index contributed by atoms with van der Waals surface area (Å²) in [5.41, 5.74) is 0.972. The molecule has 0 fully saturated rings. The Balaban J connectivity index is 2.14. The van der Waals surface area contributed by atoms with E-state index in [1.165, 1.54) is 18.4 Å². The SMILES string of the molecule is COC(=O)c1sccc1CN(C)c1nccs1. The van der Waals surface area contributed by atoms with E-state index in [0.717, 1.165) is 10.7 Å². The van der Waals surface area contributed by atoms with Crippen molar-refractivity contribution in [1.82, 2.24) is 4.98 Å². The molecule has 0 spiro atoms. The fourth-order valence-corrected chi connectivity index (χ4v) is 2.90. The lowest BCUT2D eigenvalue weighted by Crippen LogP contribution is -2.17. The highest BCUT2D eigenvalue weighted by Crippen LogP contribution is 2.23. The van der Waals surface area contributed by atoms with Crippen molar-refractivity contribution in [2.75, 3.05) is 19.1 Å². The fraction of sp³-hybridized carbons (Fsp3) is 0.273. The van der Waals surface area contributed by atoms with Crippen LogP contribution < -0.4 is 4.90 Å². The van der Waals surface area contributed by atoms with Gasteiger partial charge in [-0.3, -0.25) is 0 Å². The minimum absolute atomic E-state index is 0.275. The Hall–Kier alpha value is -1.40. The van der Waals surface area contributed by atoms with Gasteiger partial charge in [0.1, 0.15) is 4.88 Å². The summed E-state index contributed by atoms with van der Waals surface area (Å²) >= 11 is 2.98. The second kappa shape index (κ2) is 5.29. The van der Waals surface area contributed by atoms with E-state index in [4.69, 9.17) is 4.74 Å². The molecule has 0 aliphatic carbocycles. The second-order valence-electron chi connectivity index (χ2n) is 3.44. The van der Waals surface area contributed by atoms with Crippen LogP contribution in [-0.4, -0.2) is 25.1 Å². The zero-order valence-corrected chi connectivity index (χ0v) is 11.2. The number of thiazole rings is 1. The van der Waals surface area contributed by atoms with Crippen LogP contribution in [0, 0.1) is 0 Å². The van der Waals surface area contributed by atoms with Crippen molar-refractivity contribution in [2.45, 2.75) is 6.54 Å². The van der Waals surface area contributed by atoms with Gasteiger partial charge in [0.15, 0.2) is 5.13 Å². The summed E-state index contributed by atoms with van der Waals surface area (Å²) in [6.45, 7) is 0.654. The summed E-state index contributed by atoms with van der Waals surface area (Å²) in [6, 6.07) is 1.95. The first-order chi connectivity index (χ1) is 8.22. The van der Waals surface area contributed by atoms with Crippen molar-refractivity contribution >= 4 is 33.8 Å². The molecule has 0 aromatic carbocycles. The predicted octanol–water partition coefficient (Wildman–Crippen LogP) is 2.63. The van der Waals surface area contributed by atoms with Crippen LogP contribution in [0.2, 0.25) is 0 Å². The third-order valence-electron chi connectivity index (χ3n) is 2.27. The first kappa shape index (κ1) is 12.1. The van der Waals surface area contributed by atoms with Crippen LogP contribution in [-0.2, 0) is 11.3 Å². The number of hydrogen-bond donors (Lipinski definition) is 0. The van der Waals surface area contributed by atoms with E-state index in [-0.39, 0.29) is 5.97 Å². The number of ether oxygens (including phenoxy) is 1. The molecule has 6 heteroatoms. The summed E-state index contributed by atoms with van der Waals surface area (Å²) in [5.74, 6) is -0.275. The Morgan fingerprint density at radius 2 is 2.29 bits per heavy atom. The van der Waals surface area contributed by atoms with E-state index in [1.54, 1.807) is 17.5 Å². The summed E-state index contributed by atoms with van der Waals surface area (Å²) in [5, 5.41) is 4.77. The van der Waals surface area contributed by atoms with E-state index in [9.17, 15) is 4.79 Å². The molecule has 2 rings (SSSR count). The van der Waals surface area contributed by atoms with Crippen molar-refractivity contribution in [3.63, 3.8) is 0 Å². The predicted molar refractivity (Wildman–Crippen MR) is 69.9 cm³/mol. The second-order valence-corrected chi connectivity index (χ2v) is 5.23. The third-order valence-corrected chi connectivity index (χ3v) is 4.09. The molecular weight excluding hydrogens is 256 g/mol. The molecule has 0 radical (unpaired) electrons. The lowest BCUT2D eigenvalue weighted by Gasteiger charge is -2.15. The molecule has 2 aromatic rings. The molecular formula is C11H12N2O2S2. The quantitative estimate of drug-likeness (QED) is 0.799. The average Bonchev–Trinajstić information content (AvgIpc) is 2.98. The van der Waals surface area contributed by atoms with E-state index < -0.39 is 0 Å². The first-order valence-electron chi connectivity index (χ1n) is 4.97. The molecule has 0 aliphatic rings. The number of carbonyl (C=O) groups is 1. The van der Waals surface area contributed by atoms with Crippen molar-refractivity contribution in [3.05, 3.63) is 33.5 Å². The topological polar surface area (TPSA) is 42.4 Å². The van der Waals surface area contributed by atoms with Gasteiger partial charge in [-0.05, 0) is 17.0 Å². The number of esters is 1. The number of carbonyl (C=O) groups excluding carboxylic acids is 1. The van der Waals surface area contributed by atoms with Gasteiger partial charge in [0, 0.05) is 25.2 Å². The summed E-state index contributed by atoms with van der Waals surface area (Å²) < 4.78 is 4.75. The van der Waals surface area contributed by atoms with Gasteiger partial charge < -0.3 is 9.64 Å². The molecule has 0 saturated carbocycles. The van der Waals surface area contributed by atoms with Gasteiger partial charge in [-0.1, -0.05) is 0 Å². The van der Waals surface area contributed by atoms with Crippen molar-refractivity contribution in [1.29, 1.82) is 0 Å². The molecule has 17 heavy (non-hydrogen) atoms. The van der Waals surface area contributed by atoms with Gasteiger partial charge >= 0.3 is 5.97 Å². The van der Waals surface area contributed by atoms with E-state index >= 15 is 0 Å². The molecule has 0 amide bonds. The molecule has 0 N–H and O–H groups in total. The minimum atomic E-state index is -0.275. The molecule has 2 aromatic heterocycles. The molecule has 0 aliphatic heterocycles. The summed E-state index contributed by atoms with van der Waals surface area (Å²) in [6.07, 6.45) is 1.77. The minimum Gasteiger partial charge on any atom is -0.465 e. The highest BCUT2D eigenvalue weighted by Gasteiger charge is 2.15. The smallest absolute Gasteiger partial charge is 0.348 e. The van der Waals surface area contributed by atoms with Gasteiger partial charge in [-0.2, -0.15) is 0 Å². The Labute approximate surface area is 107 Å².